The molecule has 3 nitrogen and oxygen atoms in total. The highest BCUT2D eigenvalue weighted by atomic mass is 16.4. The summed E-state index contributed by atoms with van der Waals surface area (Å²) in [6.07, 6.45) is 4.54. The average Bonchev–Trinajstić information content (AvgIpc) is 2.41. The summed E-state index contributed by atoms with van der Waals surface area (Å²) in [6.45, 7) is 0. The molecule has 0 aliphatic rings. The van der Waals surface area contributed by atoms with Crippen LogP contribution < -0.4 is 0 Å². The van der Waals surface area contributed by atoms with Crippen LogP contribution >= 0.6 is 0 Å². The number of nitrogens with zero attached hydrogens (tertiary/aromatic N) is 1. The third-order valence-corrected chi connectivity index (χ3v) is 0.918. The van der Waals surface area contributed by atoms with Crippen LogP contribution in [0, 0.1) is 11.3 Å². The number of furan rings is 1. The fraction of sp³-hybridized carbons (Fsp3) is 0. The summed E-state index contributed by atoms with van der Waals surface area (Å²) in [6, 6.07) is 5.64. The van der Waals surface area contributed by atoms with Crippen molar-refractivity contribution in [2.45, 2.75) is 0 Å². The number of hydrogen-bond donors (Lipinski definition) is 0. The summed E-state index contributed by atoms with van der Waals surface area (Å²) in [5.41, 5.74) is 0. The van der Waals surface area contributed by atoms with Crippen molar-refractivity contribution in [3.63, 3.8) is 0 Å². The molecule has 0 bridgehead atoms. The molecule has 0 radical (unpaired) electrons. The Morgan fingerprint density at radius 2 is 2.60 bits per heavy atom. The van der Waals surface area contributed by atoms with Gasteiger partial charge in [-0.25, -0.2) is 0 Å². The van der Waals surface area contributed by atoms with Gasteiger partial charge in [-0.3, -0.25) is 0 Å². The van der Waals surface area contributed by atoms with E-state index in [0.29, 0.717) is 5.76 Å². The Labute approximate surface area is 58.0 Å². The molecule has 1 aromatic rings. The lowest BCUT2D eigenvalue weighted by molar-refractivity contribution is 0.557. The minimum absolute atomic E-state index is 0.677. The van der Waals surface area contributed by atoms with Gasteiger partial charge in [-0.05, 0) is 18.2 Å². The quantitative estimate of drug-likeness (QED) is 0.437. The maximum absolute atomic E-state index is 9.49. The Morgan fingerprint density at radius 1 is 1.70 bits per heavy atom. The average molecular weight is 135 g/mol. The second-order valence-electron chi connectivity index (χ2n) is 1.57. The van der Waals surface area contributed by atoms with Crippen LogP contribution in [0.3, 0.4) is 0 Å². The smallest absolute Gasteiger partial charge is 0.328 e. The summed E-state index contributed by atoms with van der Waals surface area (Å²) in [5.74, 6) is 0.677. The number of hydrogen-bond acceptors (Lipinski definition) is 2. The number of allylic oxidation sites excluding steroid dienone is 1. The van der Waals surface area contributed by atoms with E-state index in [2.05, 4.69) is 11.1 Å². The van der Waals surface area contributed by atoms with Gasteiger partial charge in [0.15, 0.2) is 0 Å². The molecule has 0 saturated heterocycles. The van der Waals surface area contributed by atoms with E-state index in [1.54, 1.807) is 24.5 Å². The highest BCUT2D eigenvalue weighted by Gasteiger charge is 1.84. The molecule has 0 aromatic carbocycles. The maximum atomic E-state index is 9.49. The minimum Gasteiger partial charge on any atom is -0.498 e. The molecular formula is C7H5NO2. The van der Waals surface area contributed by atoms with Crippen LogP contribution in [0.25, 0.3) is 11.1 Å². The van der Waals surface area contributed by atoms with Gasteiger partial charge in [-0.15, -0.1) is 0 Å². The van der Waals surface area contributed by atoms with Gasteiger partial charge in [-0.2, -0.15) is 0 Å². The van der Waals surface area contributed by atoms with E-state index in [1.807, 2.05) is 0 Å². The fourth-order valence-corrected chi connectivity index (χ4v) is 0.536. The topological polar surface area (TPSA) is 40.6 Å². The van der Waals surface area contributed by atoms with Gasteiger partial charge >= 0.3 is 6.07 Å². The number of rotatable bonds is 1. The summed E-state index contributed by atoms with van der Waals surface area (Å²) < 4.78 is 4.91. The zero-order valence-corrected chi connectivity index (χ0v) is 5.15. The molecule has 0 aliphatic carbocycles. The summed E-state index contributed by atoms with van der Waals surface area (Å²) >= 11 is 0. The van der Waals surface area contributed by atoms with Gasteiger partial charge in [0.05, 0.1) is 12.3 Å². The first-order valence-electron chi connectivity index (χ1n) is 2.71. The second kappa shape index (κ2) is 3.36. The Balaban J connectivity index is 2.61. The summed E-state index contributed by atoms with van der Waals surface area (Å²) in [7, 11) is 0. The van der Waals surface area contributed by atoms with Gasteiger partial charge in [0.1, 0.15) is 5.76 Å². The first-order valence-corrected chi connectivity index (χ1v) is 2.71. The summed E-state index contributed by atoms with van der Waals surface area (Å²) in [4.78, 5) is 0. The van der Waals surface area contributed by atoms with Crippen molar-refractivity contribution in [3.05, 3.63) is 40.4 Å². The van der Waals surface area contributed by atoms with Gasteiger partial charge in [0.25, 0.3) is 0 Å². The Bertz CT molecular complexity index is 264. The van der Waals surface area contributed by atoms with E-state index in [1.165, 1.54) is 6.08 Å². The molecule has 0 spiro atoms. The fourth-order valence-electron chi connectivity index (χ4n) is 0.536. The normalized spacial score (nSPS) is 9.20. The SMILES string of the molecule is [O-][N+]#CC=Cc1ccco1. The van der Waals surface area contributed by atoms with Crippen LogP contribution in [-0.2, 0) is 0 Å². The van der Waals surface area contributed by atoms with Crippen molar-refractivity contribution in [3.8, 4) is 6.07 Å². The first kappa shape index (κ1) is 6.43. The first-order chi connectivity index (χ1) is 4.93. The van der Waals surface area contributed by atoms with E-state index < -0.39 is 0 Å². The Hall–Kier alpha value is -1.69. The standard InChI is InChI=1S/C7H5NO2/c9-8-5-1-3-7-4-2-6-10-7/h1-4,6H. The zero-order chi connectivity index (χ0) is 7.23. The predicted octanol–water partition coefficient (Wildman–Crippen LogP) is 2.12. The molecule has 10 heavy (non-hydrogen) atoms. The molecule has 0 N–H and O–H groups in total. The molecule has 1 heterocycles. The van der Waals surface area contributed by atoms with E-state index in [0.717, 1.165) is 0 Å². The predicted molar refractivity (Wildman–Crippen MR) is 38.4 cm³/mol. The Kier molecular flexibility index (Phi) is 2.16. The van der Waals surface area contributed by atoms with Crippen LogP contribution in [-0.4, -0.2) is 0 Å². The molecule has 1 aromatic heterocycles. The Morgan fingerprint density at radius 3 is 3.20 bits per heavy atom. The third-order valence-electron chi connectivity index (χ3n) is 0.918. The minimum atomic E-state index is 0.677. The lowest BCUT2D eigenvalue weighted by Crippen LogP contribution is -1.56. The van der Waals surface area contributed by atoms with Crippen molar-refractivity contribution in [1.29, 1.82) is 0 Å². The van der Waals surface area contributed by atoms with Gasteiger partial charge in [0, 0.05) is 5.01 Å². The van der Waals surface area contributed by atoms with Crippen molar-refractivity contribution in [2.75, 3.05) is 0 Å². The molecule has 0 amide bonds. The highest BCUT2D eigenvalue weighted by molar-refractivity contribution is 5.46. The van der Waals surface area contributed by atoms with E-state index >= 15 is 0 Å². The van der Waals surface area contributed by atoms with E-state index in [-0.39, 0.29) is 0 Å². The maximum Gasteiger partial charge on any atom is 0.328 e. The molecule has 3 heteroatoms. The lowest BCUT2D eigenvalue weighted by atomic mass is 10.4. The monoisotopic (exact) mass is 135 g/mol. The molecule has 50 valence electrons. The van der Waals surface area contributed by atoms with Crippen molar-refractivity contribution < 1.29 is 4.42 Å². The van der Waals surface area contributed by atoms with Crippen LogP contribution in [0.4, 0.5) is 0 Å². The van der Waals surface area contributed by atoms with E-state index in [4.69, 9.17) is 4.42 Å². The molecule has 0 aliphatic heterocycles. The van der Waals surface area contributed by atoms with Crippen molar-refractivity contribution in [2.24, 2.45) is 0 Å². The van der Waals surface area contributed by atoms with Crippen LogP contribution in [0.15, 0.2) is 28.9 Å². The molecule has 0 atom stereocenters. The van der Waals surface area contributed by atoms with Crippen molar-refractivity contribution in [1.82, 2.24) is 0 Å². The summed E-state index contributed by atoms with van der Waals surface area (Å²) in [5, 5.41) is 11.9. The van der Waals surface area contributed by atoms with Gasteiger partial charge < -0.3 is 9.62 Å². The largest absolute Gasteiger partial charge is 0.498 e. The molecule has 0 unspecified atom stereocenters. The van der Waals surface area contributed by atoms with Gasteiger partial charge in [0.2, 0.25) is 0 Å². The van der Waals surface area contributed by atoms with E-state index in [9.17, 15) is 5.21 Å². The zero-order valence-electron chi connectivity index (χ0n) is 5.15. The third kappa shape index (κ3) is 1.67. The molecule has 0 fully saturated rings. The van der Waals surface area contributed by atoms with Crippen LogP contribution in [0.5, 0.6) is 0 Å². The van der Waals surface area contributed by atoms with Crippen molar-refractivity contribution >= 4 is 6.08 Å². The van der Waals surface area contributed by atoms with Gasteiger partial charge in [-0.1, -0.05) is 0 Å². The van der Waals surface area contributed by atoms with Crippen LogP contribution in [0.1, 0.15) is 5.76 Å². The molecule has 1 rings (SSSR count). The lowest BCUT2D eigenvalue weighted by Gasteiger charge is -1.74. The molecule has 0 saturated carbocycles. The highest BCUT2D eigenvalue weighted by Crippen LogP contribution is 2.00. The second-order valence-corrected chi connectivity index (χ2v) is 1.57. The molecular weight excluding hydrogens is 130 g/mol. The van der Waals surface area contributed by atoms with Crippen LogP contribution in [0.2, 0.25) is 0 Å².